The van der Waals surface area contributed by atoms with Crippen LogP contribution in [0, 0.1) is 11.8 Å². The van der Waals surface area contributed by atoms with Crippen molar-refractivity contribution in [2.45, 2.75) is 66.7 Å². The third kappa shape index (κ3) is 4.30. The van der Waals surface area contributed by atoms with Crippen LogP contribution in [0.3, 0.4) is 0 Å². The highest BCUT2D eigenvalue weighted by Crippen LogP contribution is 2.30. The van der Waals surface area contributed by atoms with Crippen LogP contribution in [-0.4, -0.2) is 0 Å². The first-order valence-corrected chi connectivity index (χ1v) is 6.37. The van der Waals surface area contributed by atoms with E-state index in [-0.39, 0.29) is 0 Å². The van der Waals surface area contributed by atoms with Gasteiger partial charge in [-0.25, -0.2) is 0 Å². The zero-order chi connectivity index (χ0) is 11.0. The van der Waals surface area contributed by atoms with Crippen LogP contribution in [0.15, 0.2) is 11.6 Å². The minimum atomic E-state index is 0.833. The summed E-state index contributed by atoms with van der Waals surface area (Å²) in [5.41, 5.74) is 1.62. The van der Waals surface area contributed by atoms with Crippen molar-refractivity contribution in [2.75, 3.05) is 0 Å². The molecule has 0 rings (SSSR count). The minimum absolute atomic E-state index is 0.833. The Hall–Kier alpha value is -0.260. The molecule has 84 valence electrons. The lowest BCUT2D eigenvalue weighted by atomic mass is 9.80. The Kier molecular flexibility index (Phi) is 7.93. The normalized spacial score (nSPS) is 16.8. The Balaban J connectivity index is 4.41. The van der Waals surface area contributed by atoms with Crippen molar-refractivity contribution >= 4 is 0 Å². The molecule has 0 aliphatic rings. The second-order valence-corrected chi connectivity index (χ2v) is 4.33. The average Bonchev–Trinajstić information content (AvgIpc) is 2.18. The third-order valence-electron chi connectivity index (χ3n) is 3.30. The number of hydrogen-bond donors (Lipinski definition) is 0. The van der Waals surface area contributed by atoms with Gasteiger partial charge in [0.25, 0.3) is 0 Å². The van der Waals surface area contributed by atoms with Crippen LogP contribution in [0.1, 0.15) is 66.7 Å². The fraction of sp³-hybridized carbons (Fsp3) is 0.857. The number of allylic oxidation sites excluding steroid dienone is 2. The molecule has 0 N–H and O–H groups in total. The van der Waals surface area contributed by atoms with Gasteiger partial charge >= 0.3 is 0 Å². The van der Waals surface area contributed by atoms with E-state index in [9.17, 15) is 0 Å². The Labute approximate surface area is 90.8 Å². The van der Waals surface area contributed by atoms with E-state index in [1.54, 1.807) is 5.57 Å². The summed E-state index contributed by atoms with van der Waals surface area (Å²) >= 11 is 0. The SMILES string of the molecule is CCC=C(C)C(CC)C(CC)CCC. The van der Waals surface area contributed by atoms with Crippen LogP contribution in [0.25, 0.3) is 0 Å². The van der Waals surface area contributed by atoms with Crippen LogP contribution in [0.4, 0.5) is 0 Å². The summed E-state index contributed by atoms with van der Waals surface area (Å²) in [4.78, 5) is 0. The van der Waals surface area contributed by atoms with E-state index in [0.717, 1.165) is 11.8 Å². The Bertz CT molecular complexity index is 155. The molecular weight excluding hydrogens is 168 g/mol. The summed E-state index contributed by atoms with van der Waals surface area (Å²) in [7, 11) is 0. The van der Waals surface area contributed by atoms with Crippen LogP contribution >= 0.6 is 0 Å². The van der Waals surface area contributed by atoms with Crippen LogP contribution in [0.5, 0.6) is 0 Å². The molecular formula is C14H28. The lowest BCUT2D eigenvalue weighted by molar-refractivity contribution is 0.331. The van der Waals surface area contributed by atoms with Gasteiger partial charge in [-0.05, 0) is 31.6 Å². The molecule has 0 saturated heterocycles. The van der Waals surface area contributed by atoms with Crippen molar-refractivity contribution in [3.05, 3.63) is 11.6 Å². The number of rotatable bonds is 7. The molecule has 0 aromatic heterocycles. The van der Waals surface area contributed by atoms with Gasteiger partial charge in [0.2, 0.25) is 0 Å². The molecule has 0 radical (unpaired) electrons. The molecule has 0 amide bonds. The average molecular weight is 196 g/mol. The Morgan fingerprint density at radius 3 is 2.07 bits per heavy atom. The molecule has 0 heteroatoms. The molecule has 0 spiro atoms. The largest absolute Gasteiger partial charge is 0.0856 e. The van der Waals surface area contributed by atoms with Gasteiger partial charge in [0, 0.05) is 0 Å². The molecule has 0 aliphatic carbocycles. The summed E-state index contributed by atoms with van der Waals surface area (Å²) in [6.07, 6.45) is 8.96. The molecule has 2 unspecified atom stereocenters. The number of hydrogen-bond acceptors (Lipinski definition) is 0. The van der Waals surface area contributed by atoms with Gasteiger partial charge in [0.05, 0.1) is 0 Å². The van der Waals surface area contributed by atoms with E-state index < -0.39 is 0 Å². The summed E-state index contributed by atoms with van der Waals surface area (Å²) in [5, 5.41) is 0. The predicted octanol–water partition coefficient (Wildman–Crippen LogP) is 5.20. The maximum absolute atomic E-state index is 2.41. The molecule has 0 aliphatic heterocycles. The predicted molar refractivity (Wildman–Crippen MR) is 66.5 cm³/mol. The van der Waals surface area contributed by atoms with E-state index in [4.69, 9.17) is 0 Å². The molecule has 0 nitrogen and oxygen atoms in total. The van der Waals surface area contributed by atoms with Gasteiger partial charge in [-0.1, -0.05) is 58.6 Å². The standard InChI is InChI=1S/C14H28/c1-6-10-12(5)14(9-4)13(8-3)11-7-2/h10,13-14H,6-9,11H2,1-5H3. The molecule has 0 fully saturated rings. The molecule has 2 atom stereocenters. The van der Waals surface area contributed by atoms with Crippen LogP contribution in [0.2, 0.25) is 0 Å². The second-order valence-electron chi connectivity index (χ2n) is 4.33. The van der Waals surface area contributed by atoms with Gasteiger partial charge in [-0.15, -0.1) is 0 Å². The van der Waals surface area contributed by atoms with Gasteiger partial charge in [-0.2, -0.15) is 0 Å². The van der Waals surface area contributed by atoms with E-state index in [0.29, 0.717) is 0 Å². The third-order valence-corrected chi connectivity index (χ3v) is 3.30. The Morgan fingerprint density at radius 2 is 1.71 bits per heavy atom. The van der Waals surface area contributed by atoms with Crippen molar-refractivity contribution in [1.29, 1.82) is 0 Å². The highest BCUT2D eigenvalue weighted by molar-refractivity contribution is 5.04. The monoisotopic (exact) mass is 196 g/mol. The van der Waals surface area contributed by atoms with Crippen molar-refractivity contribution in [3.63, 3.8) is 0 Å². The van der Waals surface area contributed by atoms with Crippen molar-refractivity contribution in [3.8, 4) is 0 Å². The molecule has 0 aromatic rings. The van der Waals surface area contributed by atoms with Crippen LogP contribution < -0.4 is 0 Å². The zero-order valence-corrected chi connectivity index (χ0v) is 10.8. The maximum atomic E-state index is 2.41. The van der Waals surface area contributed by atoms with Gasteiger partial charge in [0.15, 0.2) is 0 Å². The quantitative estimate of drug-likeness (QED) is 0.491. The van der Waals surface area contributed by atoms with Crippen molar-refractivity contribution in [2.24, 2.45) is 11.8 Å². The van der Waals surface area contributed by atoms with E-state index >= 15 is 0 Å². The first-order chi connectivity index (χ1) is 6.71. The smallest absolute Gasteiger partial charge is 0.0180 e. The zero-order valence-electron chi connectivity index (χ0n) is 10.8. The van der Waals surface area contributed by atoms with Crippen molar-refractivity contribution in [1.82, 2.24) is 0 Å². The Morgan fingerprint density at radius 1 is 1.07 bits per heavy atom. The highest BCUT2D eigenvalue weighted by atomic mass is 14.2. The van der Waals surface area contributed by atoms with E-state index in [2.05, 4.69) is 40.7 Å². The van der Waals surface area contributed by atoms with E-state index in [1.807, 2.05) is 0 Å². The molecule has 0 bridgehead atoms. The van der Waals surface area contributed by atoms with Gasteiger partial charge in [-0.3, -0.25) is 0 Å². The van der Waals surface area contributed by atoms with Gasteiger partial charge in [0.1, 0.15) is 0 Å². The fourth-order valence-corrected chi connectivity index (χ4v) is 2.56. The maximum Gasteiger partial charge on any atom is -0.0180 e. The molecule has 0 saturated carbocycles. The minimum Gasteiger partial charge on any atom is -0.0856 e. The first-order valence-electron chi connectivity index (χ1n) is 6.37. The molecule has 14 heavy (non-hydrogen) atoms. The second kappa shape index (κ2) is 8.08. The summed E-state index contributed by atoms with van der Waals surface area (Å²) in [6, 6.07) is 0. The van der Waals surface area contributed by atoms with Crippen molar-refractivity contribution < 1.29 is 0 Å². The topological polar surface area (TPSA) is 0 Å². The van der Waals surface area contributed by atoms with Gasteiger partial charge < -0.3 is 0 Å². The lowest BCUT2D eigenvalue weighted by Crippen LogP contribution is -2.14. The lowest BCUT2D eigenvalue weighted by Gasteiger charge is -2.26. The van der Waals surface area contributed by atoms with E-state index in [1.165, 1.54) is 32.1 Å². The first kappa shape index (κ1) is 13.7. The summed E-state index contributed by atoms with van der Waals surface area (Å²) in [5.74, 6) is 1.74. The summed E-state index contributed by atoms with van der Waals surface area (Å²) in [6.45, 7) is 11.5. The van der Waals surface area contributed by atoms with Crippen LogP contribution in [-0.2, 0) is 0 Å². The summed E-state index contributed by atoms with van der Waals surface area (Å²) < 4.78 is 0. The fourth-order valence-electron chi connectivity index (χ4n) is 2.56. The molecule has 0 aromatic carbocycles. The highest BCUT2D eigenvalue weighted by Gasteiger charge is 2.18. The molecule has 0 heterocycles.